The SMILES string of the molecule is CNc1cc(C(=O)OC)nc2c(F)cccc12. The zero-order valence-electron chi connectivity index (χ0n) is 9.45. The van der Waals surface area contributed by atoms with Crippen molar-refractivity contribution in [1.29, 1.82) is 0 Å². The number of aromatic nitrogens is 1. The number of para-hydroxylation sites is 1. The third kappa shape index (κ3) is 1.91. The Morgan fingerprint density at radius 2 is 2.24 bits per heavy atom. The fourth-order valence-electron chi connectivity index (χ4n) is 1.63. The maximum Gasteiger partial charge on any atom is 0.356 e. The first-order chi connectivity index (χ1) is 8.17. The molecule has 0 radical (unpaired) electrons. The van der Waals surface area contributed by atoms with Crippen molar-refractivity contribution in [2.75, 3.05) is 19.5 Å². The van der Waals surface area contributed by atoms with Gasteiger partial charge in [-0.25, -0.2) is 14.2 Å². The lowest BCUT2D eigenvalue weighted by Crippen LogP contribution is -2.06. The molecule has 1 heterocycles. The van der Waals surface area contributed by atoms with E-state index in [1.54, 1.807) is 19.2 Å². The Balaban J connectivity index is 2.76. The van der Waals surface area contributed by atoms with Crippen molar-refractivity contribution in [3.8, 4) is 0 Å². The molecule has 0 amide bonds. The normalized spacial score (nSPS) is 10.3. The monoisotopic (exact) mass is 234 g/mol. The van der Waals surface area contributed by atoms with Crippen molar-refractivity contribution < 1.29 is 13.9 Å². The zero-order chi connectivity index (χ0) is 12.4. The molecular weight excluding hydrogens is 223 g/mol. The number of nitrogens with one attached hydrogen (secondary N) is 1. The lowest BCUT2D eigenvalue weighted by molar-refractivity contribution is 0.0594. The first-order valence-corrected chi connectivity index (χ1v) is 5.02. The largest absolute Gasteiger partial charge is 0.464 e. The van der Waals surface area contributed by atoms with Crippen molar-refractivity contribution in [1.82, 2.24) is 4.98 Å². The number of carbonyl (C=O) groups excluding carboxylic acids is 1. The van der Waals surface area contributed by atoms with E-state index in [1.165, 1.54) is 19.2 Å². The van der Waals surface area contributed by atoms with E-state index in [4.69, 9.17) is 0 Å². The number of anilines is 1. The summed E-state index contributed by atoms with van der Waals surface area (Å²) >= 11 is 0. The van der Waals surface area contributed by atoms with Crippen molar-refractivity contribution >= 4 is 22.6 Å². The predicted octanol–water partition coefficient (Wildman–Crippen LogP) is 2.20. The second-order valence-electron chi connectivity index (χ2n) is 3.43. The predicted molar refractivity (Wildman–Crippen MR) is 62.6 cm³/mol. The Morgan fingerprint density at radius 3 is 2.88 bits per heavy atom. The molecule has 0 aliphatic carbocycles. The van der Waals surface area contributed by atoms with Crippen LogP contribution in [0.4, 0.5) is 10.1 Å². The highest BCUT2D eigenvalue weighted by atomic mass is 19.1. The van der Waals surface area contributed by atoms with Gasteiger partial charge in [0.15, 0.2) is 5.69 Å². The first-order valence-electron chi connectivity index (χ1n) is 5.02. The van der Waals surface area contributed by atoms with Crippen LogP contribution < -0.4 is 5.32 Å². The lowest BCUT2D eigenvalue weighted by atomic mass is 10.1. The molecule has 1 N–H and O–H groups in total. The summed E-state index contributed by atoms with van der Waals surface area (Å²) in [5, 5.41) is 3.53. The molecule has 88 valence electrons. The summed E-state index contributed by atoms with van der Waals surface area (Å²) in [4.78, 5) is 15.4. The molecule has 0 fully saturated rings. The molecule has 1 aromatic carbocycles. The molecule has 0 atom stereocenters. The molecule has 2 rings (SSSR count). The number of hydrogen-bond donors (Lipinski definition) is 1. The van der Waals surface area contributed by atoms with E-state index in [-0.39, 0.29) is 11.2 Å². The first kappa shape index (κ1) is 11.3. The van der Waals surface area contributed by atoms with Crippen LogP contribution >= 0.6 is 0 Å². The fraction of sp³-hybridized carbons (Fsp3) is 0.167. The summed E-state index contributed by atoms with van der Waals surface area (Å²) in [6.07, 6.45) is 0. The summed E-state index contributed by atoms with van der Waals surface area (Å²) < 4.78 is 18.2. The Hall–Kier alpha value is -2.17. The van der Waals surface area contributed by atoms with Crippen LogP contribution in [0.25, 0.3) is 10.9 Å². The maximum absolute atomic E-state index is 13.6. The van der Waals surface area contributed by atoms with Gasteiger partial charge < -0.3 is 10.1 Å². The number of methoxy groups -OCH3 is 1. The Labute approximate surface area is 97.4 Å². The Kier molecular flexibility index (Phi) is 2.91. The summed E-state index contributed by atoms with van der Waals surface area (Å²) in [5.41, 5.74) is 0.865. The standard InChI is InChI=1S/C12H11FN2O2/c1-14-9-6-10(12(16)17-2)15-11-7(9)4-3-5-8(11)13/h3-6H,1-2H3,(H,14,15). The van der Waals surface area contributed by atoms with E-state index >= 15 is 0 Å². The average Bonchev–Trinajstić information content (AvgIpc) is 2.37. The van der Waals surface area contributed by atoms with E-state index < -0.39 is 11.8 Å². The fourth-order valence-corrected chi connectivity index (χ4v) is 1.63. The van der Waals surface area contributed by atoms with Gasteiger partial charge in [-0.05, 0) is 12.1 Å². The van der Waals surface area contributed by atoms with E-state index in [0.717, 1.165) is 0 Å². The van der Waals surface area contributed by atoms with Crippen molar-refractivity contribution in [3.05, 3.63) is 35.8 Å². The van der Waals surface area contributed by atoms with Gasteiger partial charge in [0.05, 0.1) is 7.11 Å². The highest BCUT2D eigenvalue weighted by Gasteiger charge is 2.13. The molecule has 0 spiro atoms. The van der Waals surface area contributed by atoms with Crippen molar-refractivity contribution in [3.63, 3.8) is 0 Å². The third-order valence-electron chi connectivity index (χ3n) is 2.45. The maximum atomic E-state index is 13.6. The van der Waals surface area contributed by atoms with Crippen LogP contribution in [0.1, 0.15) is 10.5 Å². The van der Waals surface area contributed by atoms with Crippen molar-refractivity contribution in [2.24, 2.45) is 0 Å². The molecule has 1 aromatic heterocycles. The molecule has 0 aliphatic rings. The van der Waals surface area contributed by atoms with Crippen LogP contribution in [-0.4, -0.2) is 25.1 Å². The number of benzene rings is 1. The number of pyridine rings is 1. The number of fused-ring (bicyclic) bond motifs is 1. The highest BCUT2D eigenvalue weighted by molar-refractivity contribution is 5.97. The molecule has 0 bridgehead atoms. The third-order valence-corrected chi connectivity index (χ3v) is 2.45. The van der Waals surface area contributed by atoms with Crippen LogP contribution in [0.5, 0.6) is 0 Å². The van der Waals surface area contributed by atoms with Crippen molar-refractivity contribution in [2.45, 2.75) is 0 Å². The van der Waals surface area contributed by atoms with E-state index in [9.17, 15) is 9.18 Å². The Morgan fingerprint density at radius 1 is 1.47 bits per heavy atom. The number of halogens is 1. The zero-order valence-corrected chi connectivity index (χ0v) is 9.45. The van der Waals surface area contributed by atoms with E-state index in [1.807, 2.05) is 0 Å². The molecule has 0 unspecified atom stereocenters. The number of hydrogen-bond acceptors (Lipinski definition) is 4. The van der Waals surface area contributed by atoms with Crippen LogP contribution in [0.15, 0.2) is 24.3 Å². The topological polar surface area (TPSA) is 51.2 Å². The van der Waals surface area contributed by atoms with Crippen LogP contribution in [0, 0.1) is 5.82 Å². The molecule has 2 aromatic rings. The summed E-state index contributed by atoms with van der Waals surface area (Å²) in [6.45, 7) is 0. The molecular formula is C12H11FN2O2. The summed E-state index contributed by atoms with van der Waals surface area (Å²) in [7, 11) is 2.95. The minimum Gasteiger partial charge on any atom is -0.464 e. The summed E-state index contributed by atoms with van der Waals surface area (Å²) in [6, 6.07) is 6.17. The second kappa shape index (κ2) is 4.37. The number of nitrogens with zero attached hydrogens (tertiary/aromatic N) is 1. The number of esters is 1. The van der Waals surface area contributed by atoms with E-state index in [0.29, 0.717) is 11.1 Å². The van der Waals surface area contributed by atoms with Gasteiger partial charge in [0.25, 0.3) is 0 Å². The number of rotatable bonds is 2. The van der Waals surface area contributed by atoms with Gasteiger partial charge in [-0.3, -0.25) is 0 Å². The molecule has 0 saturated carbocycles. The van der Waals surface area contributed by atoms with Gasteiger partial charge in [0.1, 0.15) is 11.3 Å². The van der Waals surface area contributed by atoms with E-state index in [2.05, 4.69) is 15.0 Å². The number of ether oxygens (including phenoxy) is 1. The highest BCUT2D eigenvalue weighted by Crippen LogP contribution is 2.24. The van der Waals surface area contributed by atoms with Gasteiger partial charge >= 0.3 is 5.97 Å². The smallest absolute Gasteiger partial charge is 0.356 e. The van der Waals surface area contributed by atoms with Crippen LogP contribution in [0.3, 0.4) is 0 Å². The minimum absolute atomic E-state index is 0.0782. The lowest BCUT2D eigenvalue weighted by Gasteiger charge is -2.08. The van der Waals surface area contributed by atoms with Gasteiger partial charge in [-0.2, -0.15) is 0 Å². The molecule has 4 nitrogen and oxygen atoms in total. The number of carbonyl (C=O) groups is 1. The van der Waals surface area contributed by atoms with Gasteiger partial charge in [-0.15, -0.1) is 0 Å². The van der Waals surface area contributed by atoms with Crippen LogP contribution in [0.2, 0.25) is 0 Å². The summed E-state index contributed by atoms with van der Waals surface area (Å²) in [5.74, 6) is -1.06. The average molecular weight is 234 g/mol. The quantitative estimate of drug-likeness (QED) is 0.809. The molecule has 5 heteroatoms. The second-order valence-corrected chi connectivity index (χ2v) is 3.43. The minimum atomic E-state index is -0.591. The van der Waals surface area contributed by atoms with Crippen LogP contribution in [-0.2, 0) is 4.74 Å². The molecule has 0 aliphatic heterocycles. The van der Waals surface area contributed by atoms with Gasteiger partial charge in [-0.1, -0.05) is 12.1 Å². The molecule has 0 saturated heterocycles. The van der Waals surface area contributed by atoms with Gasteiger partial charge in [0.2, 0.25) is 0 Å². The van der Waals surface area contributed by atoms with Gasteiger partial charge in [0, 0.05) is 18.1 Å². The Bertz CT molecular complexity index is 584. The molecule has 17 heavy (non-hydrogen) atoms.